The molecule has 1 saturated heterocycles. The number of esters is 1. The molecule has 7 nitrogen and oxygen atoms in total. The van der Waals surface area contributed by atoms with E-state index in [1.165, 1.54) is 0 Å². The molecule has 0 aliphatic carbocycles. The Balaban J connectivity index is 2.28. The van der Waals surface area contributed by atoms with Gasteiger partial charge in [-0.05, 0) is 73.1 Å². The van der Waals surface area contributed by atoms with Crippen molar-refractivity contribution in [1.29, 1.82) is 0 Å². The van der Waals surface area contributed by atoms with Gasteiger partial charge in [-0.2, -0.15) is 0 Å². The van der Waals surface area contributed by atoms with Crippen molar-refractivity contribution in [1.82, 2.24) is 0 Å². The maximum absolute atomic E-state index is 12.3. The Labute approximate surface area is 179 Å². The van der Waals surface area contributed by atoms with Crippen LogP contribution in [-0.4, -0.2) is 42.6 Å². The van der Waals surface area contributed by atoms with Gasteiger partial charge in [-0.1, -0.05) is 12.1 Å². The van der Waals surface area contributed by atoms with E-state index < -0.39 is 35.8 Å². The van der Waals surface area contributed by atoms with E-state index in [1.54, 1.807) is 39.8 Å². The topological polar surface area (TPSA) is 83.1 Å². The first-order valence-electron chi connectivity index (χ1n) is 10.4. The lowest BCUT2D eigenvalue weighted by atomic mass is 9.66. The molecule has 1 N–H and O–H groups in total. The summed E-state index contributed by atoms with van der Waals surface area (Å²) in [7, 11) is -0.629. The number of nitrogens with one attached hydrogen (secondary N) is 1. The molecule has 1 heterocycles. The minimum atomic E-state index is -0.629. The van der Waals surface area contributed by atoms with E-state index in [2.05, 4.69) is 5.32 Å². The van der Waals surface area contributed by atoms with Gasteiger partial charge in [0.2, 0.25) is 0 Å². The largest absolute Gasteiger partial charge is 0.466 e. The summed E-state index contributed by atoms with van der Waals surface area (Å²) in [6.07, 6.45) is -0.446. The highest BCUT2D eigenvalue weighted by atomic mass is 16.7. The van der Waals surface area contributed by atoms with Crippen LogP contribution in [0.15, 0.2) is 24.3 Å². The van der Waals surface area contributed by atoms with Crippen molar-refractivity contribution in [3.8, 4) is 0 Å². The number of carbonyl (C=O) groups excluding carboxylic acids is 2. The number of anilines is 1. The van der Waals surface area contributed by atoms with Gasteiger partial charge in [-0.3, -0.25) is 10.1 Å². The second-order valence-corrected chi connectivity index (χ2v) is 9.49. The summed E-state index contributed by atoms with van der Waals surface area (Å²) in [5.41, 5.74) is -0.299. The zero-order valence-electron chi connectivity index (χ0n) is 19.3. The Morgan fingerprint density at radius 1 is 1.13 bits per heavy atom. The molecule has 1 fully saturated rings. The minimum absolute atomic E-state index is 0.0978. The fourth-order valence-corrected chi connectivity index (χ4v) is 3.09. The van der Waals surface area contributed by atoms with Crippen LogP contribution in [0.4, 0.5) is 10.5 Å². The summed E-state index contributed by atoms with van der Waals surface area (Å²) in [5, 5.41) is 2.74. The number of rotatable bonds is 6. The third-order valence-corrected chi connectivity index (χ3v) is 5.25. The fourth-order valence-electron chi connectivity index (χ4n) is 3.09. The monoisotopic (exact) mass is 419 g/mol. The predicted octanol–water partition coefficient (Wildman–Crippen LogP) is 4.70. The summed E-state index contributed by atoms with van der Waals surface area (Å²) in [5.74, 6) is -0.729. The van der Waals surface area contributed by atoms with Gasteiger partial charge in [0.1, 0.15) is 5.60 Å². The van der Waals surface area contributed by atoms with Crippen molar-refractivity contribution in [2.45, 2.75) is 84.4 Å². The zero-order chi connectivity index (χ0) is 22.7. The van der Waals surface area contributed by atoms with Gasteiger partial charge in [0.15, 0.2) is 0 Å². The Morgan fingerprint density at radius 3 is 2.27 bits per heavy atom. The van der Waals surface area contributed by atoms with Crippen LogP contribution in [0.3, 0.4) is 0 Å². The molecule has 30 heavy (non-hydrogen) atoms. The van der Waals surface area contributed by atoms with Crippen LogP contribution in [0.2, 0.25) is 0 Å². The maximum atomic E-state index is 12.3. The Hall–Kier alpha value is -2.06. The summed E-state index contributed by atoms with van der Waals surface area (Å²) in [6.45, 7) is 15.3. The molecule has 8 heteroatoms. The van der Waals surface area contributed by atoms with E-state index in [-0.39, 0.29) is 12.4 Å². The molecule has 1 atom stereocenters. The number of benzene rings is 1. The van der Waals surface area contributed by atoms with Gasteiger partial charge in [0, 0.05) is 11.5 Å². The second-order valence-electron chi connectivity index (χ2n) is 9.49. The average Bonchev–Trinajstić information content (AvgIpc) is 2.79. The Morgan fingerprint density at radius 2 is 1.73 bits per heavy atom. The molecule has 0 spiro atoms. The third-order valence-electron chi connectivity index (χ3n) is 5.25. The third kappa shape index (κ3) is 6.22. The first-order chi connectivity index (χ1) is 13.7. The summed E-state index contributed by atoms with van der Waals surface area (Å²) >= 11 is 0. The molecule has 1 amide bonds. The van der Waals surface area contributed by atoms with Crippen molar-refractivity contribution in [3.05, 3.63) is 29.8 Å². The molecule has 1 unspecified atom stereocenters. The van der Waals surface area contributed by atoms with E-state index in [9.17, 15) is 9.59 Å². The van der Waals surface area contributed by atoms with E-state index >= 15 is 0 Å². The van der Waals surface area contributed by atoms with E-state index in [0.717, 1.165) is 5.56 Å². The lowest BCUT2D eigenvalue weighted by Gasteiger charge is -2.32. The molecule has 1 aromatic carbocycles. The molecule has 0 bridgehead atoms. The molecule has 1 aliphatic heterocycles. The number of hydrogen-bond acceptors (Lipinski definition) is 6. The molecule has 1 aromatic rings. The van der Waals surface area contributed by atoms with Crippen molar-refractivity contribution in [2.75, 3.05) is 11.9 Å². The smallest absolute Gasteiger partial charge is 0.466 e. The van der Waals surface area contributed by atoms with Crippen molar-refractivity contribution < 1.29 is 28.4 Å². The molecule has 166 valence electrons. The molecular formula is C22H34BNO6. The summed E-state index contributed by atoms with van der Waals surface area (Å²) in [4.78, 5) is 24.4. The van der Waals surface area contributed by atoms with Crippen molar-refractivity contribution >= 4 is 24.9 Å². The first-order valence-corrected chi connectivity index (χ1v) is 10.4. The van der Waals surface area contributed by atoms with E-state index in [4.69, 9.17) is 18.8 Å². The average molecular weight is 419 g/mol. The number of hydrogen-bond donors (Lipinski definition) is 1. The van der Waals surface area contributed by atoms with Gasteiger partial charge in [-0.15, -0.1) is 0 Å². The van der Waals surface area contributed by atoms with Gasteiger partial charge in [0.05, 0.1) is 24.2 Å². The Kier molecular flexibility index (Phi) is 7.25. The molecule has 0 aromatic heterocycles. The molecule has 2 rings (SSSR count). The maximum Gasteiger partial charge on any atom is 0.466 e. The highest BCUT2D eigenvalue weighted by Gasteiger charge is 2.54. The summed E-state index contributed by atoms with van der Waals surface area (Å²) < 4.78 is 22.9. The molecule has 0 saturated carbocycles. The second kappa shape index (κ2) is 8.98. The Bertz CT molecular complexity index is 755. The molecule has 0 radical (unpaired) electrons. The van der Waals surface area contributed by atoms with Gasteiger partial charge < -0.3 is 18.8 Å². The highest BCUT2D eigenvalue weighted by Crippen LogP contribution is 2.42. The van der Waals surface area contributed by atoms with Crippen LogP contribution in [0, 0.1) is 0 Å². The number of carbonyl (C=O) groups is 2. The summed E-state index contributed by atoms with van der Waals surface area (Å²) in [6, 6.07) is 7.26. The van der Waals surface area contributed by atoms with Gasteiger partial charge in [0.25, 0.3) is 0 Å². The van der Waals surface area contributed by atoms with Crippen molar-refractivity contribution in [2.24, 2.45) is 0 Å². The minimum Gasteiger partial charge on any atom is -0.466 e. The quantitative estimate of drug-likeness (QED) is 0.532. The lowest BCUT2D eigenvalue weighted by Crippen LogP contribution is -2.41. The molecule has 1 aliphatic rings. The van der Waals surface area contributed by atoms with Gasteiger partial charge in [-0.25, -0.2) is 4.79 Å². The lowest BCUT2D eigenvalue weighted by molar-refractivity contribution is -0.143. The number of amides is 1. The van der Waals surface area contributed by atoms with Crippen LogP contribution in [0.1, 0.15) is 73.2 Å². The standard InChI is InChI=1S/C22H34BNO6/c1-9-27-18(25)14-17(23-29-21(5,6)22(7,8)30-23)15-11-10-12-16(13-15)24-19(26)28-20(2,3)4/h10-13,17H,9,14H2,1-8H3,(H,24,26). The van der Waals surface area contributed by atoms with E-state index in [1.807, 2.05) is 39.8 Å². The van der Waals surface area contributed by atoms with E-state index in [0.29, 0.717) is 12.3 Å². The van der Waals surface area contributed by atoms with Crippen LogP contribution >= 0.6 is 0 Å². The van der Waals surface area contributed by atoms with Crippen LogP contribution in [0.25, 0.3) is 0 Å². The van der Waals surface area contributed by atoms with Gasteiger partial charge >= 0.3 is 19.2 Å². The van der Waals surface area contributed by atoms with Crippen LogP contribution in [-0.2, 0) is 23.6 Å². The highest BCUT2D eigenvalue weighted by molar-refractivity contribution is 6.48. The molecular weight excluding hydrogens is 385 g/mol. The van der Waals surface area contributed by atoms with Crippen LogP contribution in [0.5, 0.6) is 0 Å². The zero-order valence-corrected chi connectivity index (χ0v) is 19.3. The fraction of sp³-hybridized carbons (Fsp3) is 0.636. The van der Waals surface area contributed by atoms with Crippen molar-refractivity contribution in [3.63, 3.8) is 0 Å². The normalized spacial score (nSPS) is 18.6. The predicted molar refractivity (Wildman–Crippen MR) is 116 cm³/mol. The number of ether oxygens (including phenoxy) is 2. The van der Waals surface area contributed by atoms with Crippen LogP contribution < -0.4 is 5.32 Å². The first kappa shape index (κ1) is 24.2. The SMILES string of the molecule is CCOC(=O)CC(B1OC(C)(C)C(C)(C)O1)c1cccc(NC(=O)OC(C)(C)C)c1.